The summed E-state index contributed by atoms with van der Waals surface area (Å²) in [6.07, 6.45) is -2.80. The predicted molar refractivity (Wildman–Crippen MR) is 46.3 cm³/mol. The minimum atomic E-state index is -2.80. The Morgan fingerprint density at radius 1 is 1.62 bits per heavy atom. The van der Waals surface area contributed by atoms with Gasteiger partial charge in [0.2, 0.25) is 0 Å². The molecule has 0 saturated heterocycles. The van der Waals surface area contributed by atoms with E-state index in [1.165, 1.54) is 0 Å². The number of hydrogen-bond acceptors (Lipinski definition) is 2. The lowest BCUT2D eigenvalue weighted by Crippen LogP contribution is -2.10. The zero-order valence-electron chi connectivity index (χ0n) is 6.35. The monoisotopic (exact) mass is 253 g/mol. The highest BCUT2D eigenvalue weighted by atomic mass is 79.9. The van der Waals surface area contributed by atoms with Crippen LogP contribution >= 0.6 is 15.9 Å². The van der Waals surface area contributed by atoms with Gasteiger partial charge >= 0.3 is 0 Å². The van der Waals surface area contributed by atoms with Gasteiger partial charge in [-0.05, 0) is 0 Å². The van der Waals surface area contributed by atoms with Gasteiger partial charge in [0.15, 0.2) is 0 Å². The molecule has 2 N–H and O–H groups in total. The van der Waals surface area contributed by atoms with Gasteiger partial charge in [0.05, 0.1) is 5.69 Å². The number of hydrogen-bond donors (Lipinski definition) is 2. The van der Waals surface area contributed by atoms with E-state index in [1.807, 2.05) is 4.98 Å². The number of aromatic amines is 1. The van der Waals surface area contributed by atoms with Gasteiger partial charge in [-0.25, -0.2) is 8.78 Å². The number of H-pyrrole nitrogens is 1. The Morgan fingerprint density at radius 3 is 2.69 bits per heavy atom. The molecule has 1 aromatic heterocycles. The van der Waals surface area contributed by atoms with Crippen LogP contribution in [-0.4, -0.2) is 10.1 Å². The highest BCUT2D eigenvalue weighted by Crippen LogP contribution is 2.27. The van der Waals surface area contributed by atoms with Crippen molar-refractivity contribution in [1.82, 2.24) is 4.98 Å². The molecule has 13 heavy (non-hydrogen) atoms. The largest absolute Gasteiger partial charge is 0.507 e. The van der Waals surface area contributed by atoms with E-state index >= 15 is 0 Å². The summed E-state index contributed by atoms with van der Waals surface area (Å²) in [5, 5.41) is 9.20. The van der Waals surface area contributed by atoms with Gasteiger partial charge in [0.1, 0.15) is 5.75 Å². The van der Waals surface area contributed by atoms with Crippen LogP contribution in [0.2, 0.25) is 0 Å². The fraction of sp³-hybridized carbons (Fsp3) is 0.286. The van der Waals surface area contributed by atoms with Crippen LogP contribution in [0.15, 0.2) is 10.9 Å². The van der Waals surface area contributed by atoms with Crippen LogP contribution in [-0.2, 0) is 5.33 Å². The lowest BCUT2D eigenvalue weighted by atomic mass is 10.2. The van der Waals surface area contributed by atoms with E-state index < -0.39 is 23.4 Å². The van der Waals surface area contributed by atoms with E-state index in [1.54, 1.807) is 0 Å². The van der Waals surface area contributed by atoms with Crippen LogP contribution in [0.1, 0.15) is 17.7 Å². The Kier molecular flexibility index (Phi) is 3.02. The van der Waals surface area contributed by atoms with Crippen molar-refractivity contribution in [3.8, 4) is 5.75 Å². The third kappa shape index (κ3) is 2.06. The molecule has 0 atom stereocenters. The molecule has 0 radical (unpaired) electrons. The van der Waals surface area contributed by atoms with E-state index in [9.17, 15) is 13.6 Å². The fourth-order valence-electron chi connectivity index (χ4n) is 0.920. The van der Waals surface area contributed by atoms with Crippen LogP contribution in [0.25, 0.3) is 0 Å². The first-order valence-electron chi connectivity index (χ1n) is 3.35. The number of halogens is 3. The van der Waals surface area contributed by atoms with E-state index in [2.05, 4.69) is 15.9 Å². The molecular formula is C7H6BrF2NO2. The SMILES string of the molecule is O=c1cc(O)c(CBr)c(C(F)F)[nH]1. The van der Waals surface area contributed by atoms with E-state index in [4.69, 9.17) is 5.11 Å². The Morgan fingerprint density at radius 2 is 2.23 bits per heavy atom. The summed E-state index contributed by atoms with van der Waals surface area (Å²) in [6, 6.07) is 0.864. The second kappa shape index (κ2) is 3.87. The van der Waals surface area contributed by atoms with Gasteiger partial charge in [0, 0.05) is 17.0 Å². The topological polar surface area (TPSA) is 53.1 Å². The standard InChI is InChI=1S/C7H6BrF2NO2/c8-2-3-4(12)1-5(13)11-6(3)7(9)10/h1,7H,2H2,(H2,11,12,13). The zero-order valence-corrected chi connectivity index (χ0v) is 7.94. The highest BCUT2D eigenvalue weighted by molar-refractivity contribution is 9.08. The van der Waals surface area contributed by atoms with Gasteiger partial charge in [0.25, 0.3) is 12.0 Å². The molecule has 0 aromatic carbocycles. The number of pyridine rings is 1. The molecular weight excluding hydrogens is 248 g/mol. The maximum absolute atomic E-state index is 12.3. The molecule has 0 saturated carbocycles. The van der Waals surface area contributed by atoms with Gasteiger partial charge in [-0.2, -0.15) is 0 Å². The van der Waals surface area contributed by atoms with Gasteiger partial charge < -0.3 is 10.1 Å². The predicted octanol–water partition coefficient (Wildman–Crippen LogP) is 1.91. The van der Waals surface area contributed by atoms with Crippen molar-refractivity contribution in [3.05, 3.63) is 27.7 Å². The molecule has 0 aliphatic heterocycles. The average Bonchev–Trinajstić information content (AvgIpc) is 2.02. The van der Waals surface area contributed by atoms with E-state index in [-0.39, 0.29) is 10.9 Å². The molecule has 0 aliphatic carbocycles. The normalized spacial score (nSPS) is 10.8. The number of aromatic nitrogens is 1. The third-order valence-corrected chi connectivity index (χ3v) is 2.07. The van der Waals surface area contributed by atoms with Gasteiger partial charge in [-0.1, -0.05) is 15.9 Å². The molecule has 0 bridgehead atoms. The molecule has 1 rings (SSSR count). The summed E-state index contributed by atoms with van der Waals surface area (Å²) in [5.74, 6) is -0.420. The van der Waals surface area contributed by atoms with Crippen LogP contribution in [0.4, 0.5) is 8.78 Å². The molecule has 1 heterocycles. The zero-order chi connectivity index (χ0) is 10.0. The lowest BCUT2D eigenvalue weighted by molar-refractivity contribution is 0.144. The van der Waals surface area contributed by atoms with E-state index in [0.717, 1.165) is 6.07 Å². The molecule has 0 unspecified atom stereocenters. The maximum atomic E-state index is 12.3. The van der Waals surface area contributed by atoms with Crippen molar-refractivity contribution in [2.24, 2.45) is 0 Å². The van der Waals surface area contributed by atoms with Crippen LogP contribution < -0.4 is 5.56 Å². The smallest absolute Gasteiger partial charge is 0.278 e. The summed E-state index contributed by atoms with van der Waals surface area (Å²) < 4.78 is 24.5. The van der Waals surface area contributed by atoms with Crippen molar-refractivity contribution < 1.29 is 13.9 Å². The summed E-state index contributed by atoms with van der Waals surface area (Å²) in [7, 11) is 0. The Labute approximate surface area is 80.5 Å². The summed E-state index contributed by atoms with van der Waals surface area (Å²) in [6.45, 7) is 0. The summed E-state index contributed by atoms with van der Waals surface area (Å²) in [4.78, 5) is 12.7. The first-order valence-corrected chi connectivity index (χ1v) is 4.47. The molecule has 72 valence electrons. The second-order valence-electron chi connectivity index (χ2n) is 2.35. The van der Waals surface area contributed by atoms with Crippen molar-refractivity contribution >= 4 is 15.9 Å². The molecule has 0 fully saturated rings. The summed E-state index contributed by atoms with van der Waals surface area (Å²) >= 11 is 2.94. The first-order chi connectivity index (χ1) is 6.06. The van der Waals surface area contributed by atoms with Crippen LogP contribution in [0, 0.1) is 0 Å². The Hall–Kier alpha value is -0.910. The second-order valence-corrected chi connectivity index (χ2v) is 2.91. The van der Waals surface area contributed by atoms with Gasteiger partial charge in [-0.15, -0.1) is 0 Å². The fourth-order valence-corrected chi connectivity index (χ4v) is 1.51. The van der Waals surface area contributed by atoms with Crippen molar-refractivity contribution in [2.75, 3.05) is 0 Å². The van der Waals surface area contributed by atoms with E-state index in [0.29, 0.717) is 0 Å². The van der Waals surface area contributed by atoms with Crippen molar-refractivity contribution in [2.45, 2.75) is 11.8 Å². The Balaban J connectivity index is 3.38. The molecule has 6 heteroatoms. The molecule has 3 nitrogen and oxygen atoms in total. The molecule has 1 aromatic rings. The summed E-state index contributed by atoms with van der Waals surface area (Å²) in [5.41, 5.74) is -1.27. The lowest BCUT2D eigenvalue weighted by Gasteiger charge is -2.06. The molecule has 0 aliphatic rings. The van der Waals surface area contributed by atoms with Crippen LogP contribution in [0.5, 0.6) is 5.75 Å². The van der Waals surface area contributed by atoms with Crippen molar-refractivity contribution in [1.29, 1.82) is 0 Å². The number of rotatable bonds is 2. The highest BCUT2D eigenvalue weighted by Gasteiger charge is 2.16. The van der Waals surface area contributed by atoms with Crippen LogP contribution in [0.3, 0.4) is 0 Å². The minimum absolute atomic E-state index is 0.00889. The quantitative estimate of drug-likeness (QED) is 0.792. The first kappa shape index (κ1) is 10.2. The minimum Gasteiger partial charge on any atom is -0.507 e. The average molecular weight is 254 g/mol. The molecule has 0 amide bonds. The molecule has 0 spiro atoms. The van der Waals surface area contributed by atoms with Crippen molar-refractivity contribution in [3.63, 3.8) is 0 Å². The maximum Gasteiger partial charge on any atom is 0.278 e. The number of aromatic hydroxyl groups is 1. The number of alkyl halides is 3. The third-order valence-electron chi connectivity index (χ3n) is 1.51. The number of nitrogens with one attached hydrogen (secondary N) is 1. The van der Waals surface area contributed by atoms with Gasteiger partial charge in [-0.3, -0.25) is 4.79 Å². The Bertz CT molecular complexity index is 364.